The highest BCUT2D eigenvalue weighted by atomic mass is 16.5. The maximum atomic E-state index is 13.1. The molecule has 28 heavy (non-hydrogen) atoms. The van der Waals surface area contributed by atoms with E-state index in [2.05, 4.69) is 15.1 Å². The van der Waals surface area contributed by atoms with Crippen molar-refractivity contribution in [1.82, 2.24) is 24.4 Å². The van der Waals surface area contributed by atoms with E-state index in [0.29, 0.717) is 24.0 Å². The number of likely N-dealkylation sites (tertiary alicyclic amines) is 1. The number of nitrogens with zero attached hydrogens (tertiary/aromatic N) is 5. The van der Waals surface area contributed by atoms with E-state index >= 15 is 0 Å². The molecule has 7 heteroatoms. The minimum absolute atomic E-state index is 0.106. The third kappa shape index (κ3) is 2.76. The summed E-state index contributed by atoms with van der Waals surface area (Å²) in [6.07, 6.45) is 3.49. The second-order valence-corrected chi connectivity index (χ2v) is 7.00. The van der Waals surface area contributed by atoms with Gasteiger partial charge in [-0.15, -0.1) is 0 Å². The number of aryl methyl sites for hydroxylation is 1. The first kappa shape index (κ1) is 16.7. The van der Waals surface area contributed by atoms with E-state index in [1.54, 1.807) is 11.1 Å². The number of benzene rings is 1. The summed E-state index contributed by atoms with van der Waals surface area (Å²) < 4.78 is 7.45. The second kappa shape index (κ2) is 6.60. The van der Waals surface area contributed by atoms with Crippen molar-refractivity contribution in [3.63, 3.8) is 0 Å². The van der Waals surface area contributed by atoms with Gasteiger partial charge in [0.2, 0.25) is 11.7 Å². The van der Waals surface area contributed by atoms with Crippen LogP contribution in [0, 0.1) is 6.92 Å². The fourth-order valence-corrected chi connectivity index (χ4v) is 3.74. The summed E-state index contributed by atoms with van der Waals surface area (Å²) in [7, 11) is 0. The molecule has 1 atom stereocenters. The lowest BCUT2D eigenvalue weighted by atomic mass is 10.2. The van der Waals surface area contributed by atoms with Crippen molar-refractivity contribution in [2.45, 2.75) is 25.8 Å². The molecule has 1 fully saturated rings. The zero-order chi connectivity index (χ0) is 19.1. The zero-order valence-corrected chi connectivity index (χ0v) is 15.4. The molecule has 0 saturated carbocycles. The van der Waals surface area contributed by atoms with Crippen LogP contribution in [0.3, 0.4) is 0 Å². The quantitative estimate of drug-likeness (QED) is 0.548. The van der Waals surface area contributed by atoms with Crippen LogP contribution in [0.4, 0.5) is 0 Å². The van der Waals surface area contributed by atoms with Crippen molar-refractivity contribution < 1.29 is 9.32 Å². The van der Waals surface area contributed by atoms with Gasteiger partial charge in [-0.25, -0.2) is 4.98 Å². The zero-order valence-electron chi connectivity index (χ0n) is 15.4. The Morgan fingerprint density at radius 1 is 1.11 bits per heavy atom. The largest absolute Gasteiger partial charge is 0.337 e. The highest BCUT2D eigenvalue weighted by Crippen LogP contribution is 2.33. The average molecular weight is 373 g/mol. The van der Waals surface area contributed by atoms with Gasteiger partial charge in [-0.05, 0) is 31.9 Å². The predicted octanol–water partition coefficient (Wildman–Crippen LogP) is 3.67. The smallest absolute Gasteiger partial charge is 0.274 e. The Bertz CT molecular complexity index is 1150. The van der Waals surface area contributed by atoms with Crippen molar-refractivity contribution in [2.24, 2.45) is 0 Å². The molecule has 3 aromatic heterocycles. The van der Waals surface area contributed by atoms with Gasteiger partial charge in [-0.3, -0.25) is 4.79 Å². The molecule has 1 saturated heterocycles. The summed E-state index contributed by atoms with van der Waals surface area (Å²) in [5, 5.41) is 4.10. The van der Waals surface area contributed by atoms with Gasteiger partial charge in [-0.1, -0.05) is 41.6 Å². The minimum Gasteiger partial charge on any atom is -0.337 e. The van der Waals surface area contributed by atoms with Crippen LogP contribution in [-0.4, -0.2) is 36.9 Å². The van der Waals surface area contributed by atoms with Crippen LogP contribution in [0.5, 0.6) is 0 Å². The summed E-state index contributed by atoms with van der Waals surface area (Å²) in [5.74, 6) is 0.910. The number of hydrogen-bond donors (Lipinski definition) is 0. The summed E-state index contributed by atoms with van der Waals surface area (Å²) in [4.78, 5) is 24.0. The predicted molar refractivity (Wildman–Crippen MR) is 103 cm³/mol. The van der Waals surface area contributed by atoms with Crippen molar-refractivity contribution in [3.8, 4) is 11.4 Å². The van der Waals surface area contributed by atoms with Crippen molar-refractivity contribution in [3.05, 3.63) is 72.0 Å². The molecular formula is C21H19N5O2. The number of rotatable bonds is 3. The van der Waals surface area contributed by atoms with Crippen molar-refractivity contribution in [2.75, 3.05) is 6.54 Å². The number of carbonyl (C=O) groups excluding carboxylic acids is 1. The fraction of sp³-hybridized carbons (Fsp3) is 0.238. The second-order valence-electron chi connectivity index (χ2n) is 7.00. The van der Waals surface area contributed by atoms with Crippen LogP contribution in [0.25, 0.3) is 17.0 Å². The van der Waals surface area contributed by atoms with Gasteiger partial charge >= 0.3 is 0 Å². The lowest BCUT2D eigenvalue weighted by Gasteiger charge is -2.20. The first-order valence-electron chi connectivity index (χ1n) is 9.35. The number of aromatic nitrogens is 4. The van der Waals surface area contributed by atoms with Gasteiger partial charge in [0.1, 0.15) is 17.4 Å². The maximum absolute atomic E-state index is 13.1. The Morgan fingerprint density at radius 2 is 1.96 bits per heavy atom. The Morgan fingerprint density at radius 3 is 2.79 bits per heavy atom. The molecule has 1 aromatic carbocycles. The SMILES string of the molecule is Cc1cccc2nc(C(=O)N3CCCC3c3nc(-c4ccccc4)no3)cn12. The summed E-state index contributed by atoms with van der Waals surface area (Å²) in [6, 6.07) is 15.3. The molecule has 0 N–H and O–H groups in total. The van der Waals surface area contributed by atoms with Gasteiger partial charge in [0.15, 0.2) is 0 Å². The third-order valence-corrected chi connectivity index (χ3v) is 5.19. The van der Waals surface area contributed by atoms with Crippen LogP contribution >= 0.6 is 0 Å². The van der Waals surface area contributed by atoms with E-state index in [9.17, 15) is 4.79 Å². The van der Waals surface area contributed by atoms with Gasteiger partial charge in [0.25, 0.3) is 5.91 Å². The molecule has 1 unspecified atom stereocenters. The van der Waals surface area contributed by atoms with E-state index in [1.165, 1.54) is 0 Å². The number of carbonyl (C=O) groups is 1. The standard InChI is InChI=1S/C21H19N5O2/c1-14-7-5-11-18-22-16(13-26(14)18)21(27)25-12-6-10-17(25)20-23-19(24-28-20)15-8-3-2-4-9-15/h2-5,7-9,11,13,17H,6,10,12H2,1H3. The Kier molecular flexibility index (Phi) is 3.93. The summed E-state index contributed by atoms with van der Waals surface area (Å²) >= 11 is 0. The topological polar surface area (TPSA) is 76.5 Å². The molecule has 7 nitrogen and oxygen atoms in total. The molecule has 5 rings (SSSR count). The van der Waals surface area contributed by atoms with Gasteiger partial charge in [0, 0.05) is 24.0 Å². The molecule has 1 aliphatic heterocycles. The monoisotopic (exact) mass is 373 g/mol. The normalized spacial score (nSPS) is 16.8. The van der Waals surface area contributed by atoms with Gasteiger partial charge in [-0.2, -0.15) is 4.98 Å². The van der Waals surface area contributed by atoms with Crippen molar-refractivity contribution in [1.29, 1.82) is 0 Å². The molecular weight excluding hydrogens is 354 g/mol. The average Bonchev–Trinajstić information content (AvgIpc) is 3.46. The molecule has 4 heterocycles. The van der Waals surface area contributed by atoms with E-state index in [-0.39, 0.29) is 11.9 Å². The Labute approximate surface area is 161 Å². The van der Waals surface area contributed by atoms with Crippen molar-refractivity contribution >= 4 is 11.6 Å². The van der Waals surface area contributed by atoms with Crippen LogP contribution in [0.15, 0.2) is 59.3 Å². The van der Waals surface area contributed by atoms with E-state index in [4.69, 9.17) is 4.52 Å². The van der Waals surface area contributed by atoms with E-state index < -0.39 is 0 Å². The molecule has 0 aliphatic carbocycles. The number of hydrogen-bond acceptors (Lipinski definition) is 5. The molecule has 1 amide bonds. The molecule has 4 aromatic rings. The molecule has 0 radical (unpaired) electrons. The fourth-order valence-electron chi connectivity index (χ4n) is 3.74. The minimum atomic E-state index is -0.219. The number of imidazole rings is 1. The highest BCUT2D eigenvalue weighted by molar-refractivity contribution is 5.93. The Balaban J connectivity index is 1.44. The molecule has 1 aliphatic rings. The molecule has 140 valence electrons. The summed E-state index contributed by atoms with van der Waals surface area (Å²) in [5.41, 5.74) is 3.13. The first-order chi connectivity index (χ1) is 13.7. The van der Waals surface area contributed by atoms with Gasteiger partial charge in [0.05, 0.1) is 0 Å². The number of pyridine rings is 1. The molecule has 0 bridgehead atoms. The van der Waals surface area contributed by atoms with E-state index in [0.717, 1.165) is 29.7 Å². The maximum Gasteiger partial charge on any atom is 0.274 e. The van der Waals surface area contributed by atoms with Gasteiger partial charge < -0.3 is 13.8 Å². The van der Waals surface area contributed by atoms with Crippen LogP contribution in [-0.2, 0) is 0 Å². The molecule has 0 spiro atoms. The highest BCUT2D eigenvalue weighted by Gasteiger charge is 2.35. The lowest BCUT2D eigenvalue weighted by Crippen LogP contribution is -2.31. The lowest BCUT2D eigenvalue weighted by molar-refractivity contribution is 0.0705. The van der Waals surface area contributed by atoms with Crippen LogP contribution in [0.2, 0.25) is 0 Å². The number of fused-ring (bicyclic) bond motifs is 1. The Hall–Kier alpha value is -3.48. The summed E-state index contributed by atoms with van der Waals surface area (Å²) in [6.45, 7) is 2.64. The third-order valence-electron chi connectivity index (χ3n) is 5.19. The van der Waals surface area contributed by atoms with E-state index in [1.807, 2.05) is 59.9 Å². The van der Waals surface area contributed by atoms with Crippen LogP contribution in [0.1, 0.15) is 41.0 Å². The first-order valence-corrected chi connectivity index (χ1v) is 9.35. The van der Waals surface area contributed by atoms with Crippen LogP contribution < -0.4 is 0 Å². The number of amides is 1.